The van der Waals surface area contributed by atoms with Crippen molar-refractivity contribution in [3.8, 4) is 22.5 Å². The van der Waals surface area contributed by atoms with E-state index in [-0.39, 0.29) is 0 Å². The Morgan fingerprint density at radius 1 is 0.762 bits per heavy atom. The predicted molar refractivity (Wildman–Crippen MR) is 84.4 cm³/mol. The molecule has 0 aliphatic carbocycles. The zero-order chi connectivity index (χ0) is 14.8. The van der Waals surface area contributed by atoms with E-state index in [1.54, 1.807) is 6.07 Å². The summed E-state index contributed by atoms with van der Waals surface area (Å²) in [5.74, 6) is 1.06. The highest BCUT2D eigenvalue weighted by Gasteiger charge is 2.05. The van der Waals surface area contributed by atoms with Crippen molar-refractivity contribution in [2.75, 3.05) is 0 Å². The first-order valence-electron chi connectivity index (χ1n) is 6.90. The van der Waals surface area contributed by atoms with E-state index in [0.717, 1.165) is 5.56 Å². The molecule has 0 N–H and O–H groups in total. The molecule has 0 fully saturated rings. The number of rotatable bonds is 3. The van der Waals surface area contributed by atoms with E-state index in [0.29, 0.717) is 17.8 Å². The van der Waals surface area contributed by atoms with E-state index in [4.69, 9.17) is 4.42 Å². The van der Waals surface area contributed by atoms with Gasteiger partial charge in [0.15, 0.2) is 12.0 Å². The van der Waals surface area contributed by atoms with E-state index in [2.05, 4.69) is 44.2 Å². The molecule has 0 bridgehead atoms. The maximum atomic E-state index is 10.7. The van der Waals surface area contributed by atoms with Gasteiger partial charge in [0, 0.05) is 5.56 Å². The van der Waals surface area contributed by atoms with Crippen LogP contribution < -0.4 is 0 Å². The van der Waals surface area contributed by atoms with Crippen LogP contribution in [0.3, 0.4) is 0 Å². The molecular formula is C19H16O2. The second-order valence-corrected chi connectivity index (χ2v) is 5.20. The Hall–Kier alpha value is -2.61. The lowest BCUT2D eigenvalue weighted by atomic mass is 9.99. The van der Waals surface area contributed by atoms with Gasteiger partial charge in [0.05, 0.1) is 0 Å². The van der Waals surface area contributed by atoms with Crippen LogP contribution in [0.2, 0.25) is 0 Å². The Balaban J connectivity index is 1.93. The average Bonchev–Trinajstić information content (AvgIpc) is 2.99. The largest absolute Gasteiger partial charge is 0.453 e. The van der Waals surface area contributed by atoms with Crippen LogP contribution in [-0.4, -0.2) is 6.29 Å². The monoisotopic (exact) mass is 276 g/mol. The summed E-state index contributed by atoms with van der Waals surface area (Å²) >= 11 is 0. The second-order valence-electron chi connectivity index (χ2n) is 5.20. The minimum atomic E-state index is 0.350. The van der Waals surface area contributed by atoms with Gasteiger partial charge >= 0.3 is 0 Å². The topological polar surface area (TPSA) is 30.2 Å². The van der Waals surface area contributed by atoms with Gasteiger partial charge in [-0.15, -0.1) is 0 Å². The molecule has 2 nitrogen and oxygen atoms in total. The number of aldehydes is 1. The van der Waals surface area contributed by atoms with Crippen molar-refractivity contribution in [1.82, 2.24) is 0 Å². The highest BCUT2D eigenvalue weighted by atomic mass is 16.3. The van der Waals surface area contributed by atoms with E-state index in [9.17, 15) is 4.79 Å². The van der Waals surface area contributed by atoms with Crippen LogP contribution in [0.5, 0.6) is 0 Å². The van der Waals surface area contributed by atoms with Crippen LogP contribution in [0.4, 0.5) is 0 Å². The van der Waals surface area contributed by atoms with Crippen molar-refractivity contribution < 1.29 is 9.21 Å². The number of carbonyl (C=O) groups excluding carboxylic acids is 1. The van der Waals surface area contributed by atoms with Crippen molar-refractivity contribution >= 4 is 6.29 Å². The first-order chi connectivity index (χ1) is 10.2. The molecule has 3 rings (SSSR count). The molecule has 1 aromatic heterocycles. The van der Waals surface area contributed by atoms with Crippen LogP contribution in [0, 0.1) is 13.8 Å². The zero-order valence-corrected chi connectivity index (χ0v) is 12.1. The first kappa shape index (κ1) is 13.4. The predicted octanol–water partition coefficient (Wildman–Crippen LogP) is 5.04. The average molecular weight is 276 g/mol. The highest BCUT2D eigenvalue weighted by Crippen LogP contribution is 2.27. The fraction of sp³-hybridized carbons (Fsp3) is 0.105. The highest BCUT2D eigenvalue weighted by molar-refractivity contribution is 5.74. The Labute approximate surface area is 124 Å². The molecule has 0 saturated carbocycles. The molecule has 2 aromatic carbocycles. The molecule has 2 heteroatoms. The fourth-order valence-corrected chi connectivity index (χ4v) is 2.32. The van der Waals surface area contributed by atoms with Crippen molar-refractivity contribution in [1.29, 1.82) is 0 Å². The van der Waals surface area contributed by atoms with Gasteiger partial charge < -0.3 is 4.42 Å². The fourth-order valence-electron chi connectivity index (χ4n) is 2.32. The standard InChI is InChI=1S/C19H16O2/c1-13-3-4-17(11-14(13)2)15-5-7-16(8-6-15)19-10-9-18(12-20)21-19/h3-12H,1-2H3. The van der Waals surface area contributed by atoms with Crippen molar-refractivity contribution in [2.24, 2.45) is 0 Å². The van der Waals surface area contributed by atoms with Gasteiger partial charge in [-0.3, -0.25) is 4.79 Å². The Kier molecular flexibility index (Phi) is 3.44. The number of hydrogen-bond acceptors (Lipinski definition) is 2. The lowest BCUT2D eigenvalue weighted by Gasteiger charge is -2.06. The van der Waals surface area contributed by atoms with Crippen LogP contribution in [-0.2, 0) is 0 Å². The normalized spacial score (nSPS) is 10.6. The smallest absolute Gasteiger partial charge is 0.185 e. The third-order valence-corrected chi connectivity index (χ3v) is 3.75. The third-order valence-electron chi connectivity index (χ3n) is 3.75. The summed E-state index contributed by atoms with van der Waals surface area (Å²) < 4.78 is 5.43. The quantitative estimate of drug-likeness (QED) is 0.627. The Morgan fingerprint density at radius 2 is 1.43 bits per heavy atom. The summed E-state index contributed by atoms with van der Waals surface area (Å²) in [5.41, 5.74) is 5.93. The third kappa shape index (κ3) is 2.65. The molecule has 0 aliphatic heterocycles. The maximum absolute atomic E-state index is 10.7. The number of hydrogen-bond donors (Lipinski definition) is 0. The molecule has 0 atom stereocenters. The summed E-state index contributed by atoms with van der Waals surface area (Å²) in [6, 6.07) is 18.1. The van der Waals surface area contributed by atoms with Gasteiger partial charge in [-0.25, -0.2) is 0 Å². The lowest BCUT2D eigenvalue weighted by Crippen LogP contribution is -1.84. The van der Waals surface area contributed by atoms with E-state index in [1.165, 1.54) is 22.3 Å². The first-order valence-corrected chi connectivity index (χ1v) is 6.90. The molecule has 1 heterocycles. The molecule has 0 saturated heterocycles. The molecule has 0 amide bonds. The maximum Gasteiger partial charge on any atom is 0.185 e. The summed E-state index contributed by atoms with van der Waals surface area (Å²) in [6.45, 7) is 4.24. The van der Waals surface area contributed by atoms with Gasteiger partial charge in [-0.2, -0.15) is 0 Å². The summed E-state index contributed by atoms with van der Waals surface area (Å²) in [7, 11) is 0. The summed E-state index contributed by atoms with van der Waals surface area (Å²) in [6.07, 6.45) is 0.715. The van der Waals surface area contributed by atoms with E-state index >= 15 is 0 Å². The number of aryl methyl sites for hydroxylation is 2. The van der Waals surface area contributed by atoms with Crippen molar-refractivity contribution in [3.05, 3.63) is 71.5 Å². The molecule has 0 spiro atoms. The molecule has 104 valence electrons. The molecule has 3 aromatic rings. The van der Waals surface area contributed by atoms with Gasteiger partial charge in [0.2, 0.25) is 0 Å². The van der Waals surface area contributed by atoms with Crippen LogP contribution >= 0.6 is 0 Å². The molecular weight excluding hydrogens is 260 g/mol. The van der Waals surface area contributed by atoms with Gasteiger partial charge in [0.25, 0.3) is 0 Å². The minimum absolute atomic E-state index is 0.350. The van der Waals surface area contributed by atoms with Crippen LogP contribution in [0.25, 0.3) is 22.5 Å². The van der Waals surface area contributed by atoms with E-state index in [1.807, 2.05) is 18.2 Å². The summed E-state index contributed by atoms with van der Waals surface area (Å²) in [4.78, 5) is 10.7. The molecule has 0 unspecified atom stereocenters. The van der Waals surface area contributed by atoms with Gasteiger partial charge in [-0.1, -0.05) is 42.5 Å². The number of carbonyl (C=O) groups is 1. The van der Waals surface area contributed by atoms with Crippen LogP contribution in [0.1, 0.15) is 21.7 Å². The molecule has 0 aliphatic rings. The van der Waals surface area contributed by atoms with Crippen molar-refractivity contribution in [2.45, 2.75) is 13.8 Å². The minimum Gasteiger partial charge on any atom is -0.453 e. The van der Waals surface area contributed by atoms with E-state index < -0.39 is 0 Å². The zero-order valence-electron chi connectivity index (χ0n) is 12.1. The van der Waals surface area contributed by atoms with Crippen molar-refractivity contribution in [3.63, 3.8) is 0 Å². The SMILES string of the molecule is Cc1ccc(-c2ccc(-c3ccc(C=O)o3)cc2)cc1C. The molecule has 21 heavy (non-hydrogen) atoms. The number of benzene rings is 2. The molecule has 0 radical (unpaired) electrons. The lowest BCUT2D eigenvalue weighted by molar-refractivity contribution is 0.110. The summed E-state index contributed by atoms with van der Waals surface area (Å²) in [5, 5.41) is 0. The Bertz CT molecular complexity index is 780. The second kappa shape index (κ2) is 5.41. The van der Waals surface area contributed by atoms with Crippen LogP contribution in [0.15, 0.2) is 59.0 Å². The van der Waals surface area contributed by atoms with Gasteiger partial charge in [-0.05, 0) is 48.2 Å². The Morgan fingerprint density at radius 3 is 2.05 bits per heavy atom. The van der Waals surface area contributed by atoms with Gasteiger partial charge in [0.1, 0.15) is 5.76 Å². The number of furan rings is 1.